The number of nitrogens with one attached hydrogen (secondary N) is 1. The number of hydrogen-bond acceptors (Lipinski definition) is 6. The number of hydrogen-bond donors (Lipinski definition) is 2. The van der Waals surface area contributed by atoms with E-state index in [1.54, 1.807) is 30.4 Å². The van der Waals surface area contributed by atoms with Gasteiger partial charge in [-0.2, -0.15) is 0 Å². The van der Waals surface area contributed by atoms with E-state index in [9.17, 15) is 9.90 Å². The Balaban J connectivity index is 1.96. The second-order valence-corrected chi connectivity index (χ2v) is 6.59. The fourth-order valence-electron chi connectivity index (χ4n) is 3.31. The van der Waals surface area contributed by atoms with Gasteiger partial charge in [-0.15, -0.1) is 5.10 Å². The van der Waals surface area contributed by atoms with Crippen LogP contribution in [-0.2, 0) is 0 Å². The van der Waals surface area contributed by atoms with Gasteiger partial charge in [0.05, 0.1) is 12.8 Å². The zero-order valence-electron chi connectivity index (χ0n) is 16.2. The summed E-state index contributed by atoms with van der Waals surface area (Å²) in [6, 6.07) is 11.0. The van der Waals surface area contributed by atoms with Gasteiger partial charge in [-0.3, -0.25) is 9.36 Å². The minimum absolute atomic E-state index is 0.0107. The third-order valence-corrected chi connectivity index (χ3v) is 4.72. The highest BCUT2D eigenvalue weighted by atomic mass is 16.5. The molecule has 0 amide bonds. The first-order chi connectivity index (χ1) is 14.0. The van der Waals surface area contributed by atoms with Gasteiger partial charge in [0.15, 0.2) is 22.7 Å². The van der Waals surface area contributed by atoms with E-state index in [0.29, 0.717) is 22.8 Å². The van der Waals surface area contributed by atoms with Crippen LogP contribution in [0.4, 0.5) is 0 Å². The van der Waals surface area contributed by atoms with Gasteiger partial charge in [-0.1, -0.05) is 35.5 Å². The molecule has 4 rings (SSSR count). The summed E-state index contributed by atoms with van der Waals surface area (Å²) in [5.41, 5.74) is 3.27. The molecule has 146 valence electrons. The smallest absolute Gasteiger partial charge is 0.288 e. The fourth-order valence-corrected chi connectivity index (χ4v) is 3.31. The molecule has 8 nitrogen and oxygen atoms in total. The average Bonchev–Trinajstić information content (AvgIpc) is 3.18. The maximum Gasteiger partial charge on any atom is 0.288 e. The number of phenolic OH excluding ortho intramolecular Hbond substituents is 1. The first kappa shape index (κ1) is 18.4. The van der Waals surface area contributed by atoms with E-state index >= 15 is 0 Å². The number of fused-ring (bicyclic) bond motifs is 1. The number of ether oxygens (including phenoxy) is 1. The standard InChI is InChI=1S/C21H19N5O3/c1-12-6-4-7-13(2)18(12)26-16(22-20-17(21(26)28)23-25-24-20)11-10-14-8-5-9-15(29-3)19(14)27/h4-11,27H,1-3H3,(H,23,24,25)/b11-10+. The van der Waals surface area contributed by atoms with Crippen LogP contribution in [0.25, 0.3) is 29.0 Å². The Labute approximate surface area is 166 Å². The third kappa shape index (κ3) is 3.14. The molecule has 2 aromatic heterocycles. The predicted octanol–water partition coefficient (Wildman–Crippen LogP) is 3.01. The van der Waals surface area contributed by atoms with Crippen LogP contribution in [0, 0.1) is 13.8 Å². The quantitative estimate of drug-likeness (QED) is 0.556. The maximum atomic E-state index is 13.2. The number of aromatic hydroxyl groups is 1. The van der Waals surface area contributed by atoms with Gasteiger partial charge in [0, 0.05) is 5.56 Å². The molecule has 0 aliphatic carbocycles. The summed E-state index contributed by atoms with van der Waals surface area (Å²) in [6.45, 7) is 3.87. The van der Waals surface area contributed by atoms with Gasteiger partial charge < -0.3 is 9.84 Å². The molecule has 0 fully saturated rings. The number of aromatic amines is 1. The Morgan fingerprint density at radius 3 is 2.55 bits per heavy atom. The Morgan fingerprint density at radius 1 is 1.10 bits per heavy atom. The number of aryl methyl sites for hydroxylation is 2. The largest absolute Gasteiger partial charge is 0.504 e. The van der Waals surface area contributed by atoms with Crippen molar-refractivity contribution in [2.75, 3.05) is 7.11 Å². The van der Waals surface area contributed by atoms with Crippen molar-refractivity contribution < 1.29 is 9.84 Å². The molecule has 0 spiro atoms. The number of aromatic nitrogens is 5. The molecule has 0 radical (unpaired) electrons. The number of para-hydroxylation sites is 2. The van der Waals surface area contributed by atoms with E-state index in [2.05, 4.69) is 20.4 Å². The Bertz CT molecular complexity index is 1280. The van der Waals surface area contributed by atoms with Crippen molar-refractivity contribution in [1.29, 1.82) is 0 Å². The summed E-state index contributed by atoms with van der Waals surface area (Å²) in [4.78, 5) is 17.7. The zero-order chi connectivity index (χ0) is 20.5. The van der Waals surface area contributed by atoms with Crippen LogP contribution in [0.1, 0.15) is 22.5 Å². The number of H-pyrrole nitrogens is 1. The SMILES string of the molecule is COc1cccc(/C=C/c2nc3[nH]nnc3c(=O)n2-c2c(C)cccc2C)c1O. The number of methoxy groups -OCH3 is 1. The third-order valence-electron chi connectivity index (χ3n) is 4.72. The lowest BCUT2D eigenvalue weighted by molar-refractivity contribution is 0.373. The monoisotopic (exact) mass is 389 g/mol. The molecule has 2 aromatic carbocycles. The van der Waals surface area contributed by atoms with Crippen LogP contribution in [-0.4, -0.2) is 37.2 Å². The number of benzene rings is 2. The molecular weight excluding hydrogens is 370 g/mol. The van der Waals surface area contributed by atoms with Crippen molar-refractivity contribution in [3.63, 3.8) is 0 Å². The summed E-state index contributed by atoms with van der Waals surface area (Å²) in [5, 5.41) is 20.6. The molecule has 0 unspecified atom stereocenters. The molecular formula is C21H19N5O3. The summed E-state index contributed by atoms with van der Waals surface area (Å²) >= 11 is 0. The second-order valence-electron chi connectivity index (χ2n) is 6.59. The molecule has 0 bridgehead atoms. The Hall–Kier alpha value is -3.94. The van der Waals surface area contributed by atoms with Gasteiger partial charge in [0.1, 0.15) is 5.82 Å². The first-order valence-electron chi connectivity index (χ1n) is 8.95. The van der Waals surface area contributed by atoms with E-state index in [1.807, 2.05) is 32.0 Å². The van der Waals surface area contributed by atoms with Crippen LogP contribution in [0.2, 0.25) is 0 Å². The van der Waals surface area contributed by atoms with Crippen molar-refractivity contribution in [3.05, 3.63) is 69.3 Å². The second kappa shape index (κ2) is 7.23. The number of nitrogens with zero attached hydrogens (tertiary/aromatic N) is 4. The van der Waals surface area contributed by atoms with E-state index < -0.39 is 0 Å². The highest BCUT2D eigenvalue weighted by molar-refractivity contribution is 5.76. The average molecular weight is 389 g/mol. The van der Waals surface area contributed by atoms with Crippen molar-refractivity contribution in [2.45, 2.75) is 13.8 Å². The molecule has 2 N–H and O–H groups in total. The minimum Gasteiger partial charge on any atom is -0.504 e. The minimum atomic E-state index is -0.323. The summed E-state index contributed by atoms with van der Waals surface area (Å²) < 4.78 is 6.67. The molecule has 0 atom stereocenters. The van der Waals surface area contributed by atoms with Crippen molar-refractivity contribution in [1.82, 2.24) is 25.0 Å². The number of rotatable bonds is 4. The highest BCUT2D eigenvalue weighted by Crippen LogP contribution is 2.30. The lowest BCUT2D eigenvalue weighted by atomic mass is 10.1. The highest BCUT2D eigenvalue weighted by Gasteiger charge is 2.17. The molecule has 0 aliphatic rings. The Morgan fingerprint density at radius 2 is 1.83 bits per heavy atom. The predicted molar refractivity (Wildman–Crippen MR) is 110 cm³/mol. The first-order valence-corrected chi connectivity index (χ1v) is 8.95. The van der Waals surface area contributed by atoms with Crippen LogP contribution in [0.15, 0.2) is 41.2 Å². The van der Waals surface area contributed by atoms with Gasteiger partial charge >= 0.3 is 0 Å². The summed E-state index contributed by atoms with van der Waals surface area (Å²) in [7, 11) is 1.49. The summed E-state index contributed by atoms with van der Waals surface area (Å²) in [6.07, 6.45) is 3.35. The van der Waals surface area contributed by atoms with E-state index in [4.69, 9.17) is 4.74 Å². The molecule has 0 saturated carbocycles. The van der Waals surface area contributed by atoms with Gasteiger partial charge in [0.2, 0.25) is 0 Å². The van der Waals surface area contributed by atoms with Gasteiger partial charge in [-0.05, 0) is 43.2 Å². The van der Waals surface area contributed by atoms with Crippen molar-refractivity contribution in [3.8, 4) is 17.2 Å². The molecule has 0 saturated heterocycles. The fraction of sp³-hybridized carbons (Fsp3) is 0.143. The van der Waals surface area contributed by atoms with Crippen molar-refractivity contribution >= 4 is 23.3 Å². The number of phenols is 1. The van der Waals surface area contributed by atoms with Gasteiger partial charge in [-0.25, -0.2) is 10.1 Å². The lowest BCUT2D eigenvalue weighted by Crippen LogP contribution is -2.24. The van der Waals surface area contributed by atoms with E-state index in [1.165, 1.54) is 11.7 Å². The topological polar surface area (TPSA) is 106 Å². The molecule has 4 aromatic rings. The molecule has 8 heteroatoms. The van der Waals surface area contributed by atoms with E-state index in [0.717, 1.165) is 16.8 Å². The molecule has 2 heterocycles. The van der Waals surface area contributed by atoms with Crippen LogP contribution >= 0.6 is 0 Å². The zero-order valence-corrected chi connectivity index (χ0v) is 16.2. The van der Waals surface area contributed by atoms with Crippen LogP contribution in [0.5, 0.6) is 11.5 Å². The van der Waals surface area contributed by atoms with Crippen molar-refractivity contribution in [2.24, 2.45) is 0 Å². The lowest BCUT2D eigenvalue weighted by Gasteiger charge is -2.15. The molecule has 0 aliphatic heterocycles. The Kier molecular flexibility index (Phi) is 4.59. The molecule has 29 heavy (non-hydrogen) atoms. The van der Waals surface area contributed by atoms with Crippen LogP contribution in [0.3, 0.4) is 0 Å². The van der Waals surface area contributed by atoms with Gasteiger partial charge in [0.25, 0.3) is 5.56 Å². The maximum absolute atomic E-state index is 13.2. The van der Waals surface area contributed by atoms with Crippen LogP contribution < -0.4 is 10.3 Å². The van der Waals surface area contributed by atoms with E-state index in [-0.39, 0.29) is 16.8 Å². The summed E-state index contributed by atoms with van der Waals surface area (Å²) in [5.74, 6) is 0.755. The normalized spacial score (nSPS) is 11.4.